The van der Waals surface area contributed by atoms with Crippen molar-refractivity contribution < 1.29 is 0 Å². The van der Waals surface area contributed by atoms with Crippen LogP contribution in [0.2, 0.25) is 0 Å². The Morgan fingerprint density at radius 3 is 1.75 bits per heavy atom. The van der Waals surface area contributed by atoms with E-state index in [-0.39, 0.29) is 5.41 Å². The Morgan fingerprint density at radius 2 is 1.50 bits per heavy atom. The van der Waals surface area contributed by atoms with E-state index in [4.69, 9.17) is 0 Å². The molecule has 0 bridgehead atoms. The minimum atomic E-state index is 0.284. The van der Waals surface area contributed by atoms with Crippen molar-refractivity contribution in [3.8, 4) is 0 Å². The lowest BCUT2D eigenvalue weighted by Crippen LogP contribution is -2.07. The second kappa shape index (κ2) is 4.18. The normalized spacial score (nSPS) is 14.2. The predicted octanol–water partition coefficient (Wildman–Crippen LogP) is 4.59. The fraction of sp³-hybridized carbons (Fsp3) is 0.636. The van der Waals surface area contributed by atoms with E-state index in [0.717, 1.165) is 4.91 Å². The summed E-state index contributed by atoms with van der Waals surface area (Å²) in [6, 6.07) is 0. The first-order valence-corrected chi connectivity index (χ1v) is 5.08. The number of allylic oxidation sites excluding steroid dienone is 3. The average molecular weight is 184 g/mol. The van der Waals surface area contributed by atoms with Gasteiger partial charge < -0.3 is 0 Å². The van der Waals surface area contributed by atoms with E-state index in [1.54, 1.807) is 11.8 Å². The molecule has 12 heavy (non-hydrogen) atoms. The lowest BCUT2D eigenvalue weighted by molar-refractivity contribution is 0.502. The monoisotopic (exact) mass is 184 g/mol. The molecule has 0 radical (unpaired) electrons. The summed E-state index contributed by atoms with van der Waals surface area (Å²) in [4.78, 5) is 2.55. The molecular formula is C11H20S. The van der Waals surface area contributed by atoms with E-state index in [2.05, 4.69) is 41.2 Å². The SMILES string of the molecule is C=C(C)S/C(C)=C(\C)C(C)(C)C. The second-order valence-corrected chi connectivity index (χ2v) is 5.75. The molecule has 0 aliphatic rings. The highest BCUT2D eigenvalue weighted by Gasteiger charge is 2.15. The Labute approximate surface area is 81.1 Å². The molecule has 0 aliphatic carbocycles. The quantitative estimate of drug-likeness (QED) is 0.604. The number of hydrogen-bond acceptors (Lipinski definition) is 1. The van der Waals surface area contributed by atoms with Crippen molar-refractivity contribution in [2.75, 3.05) is 0 Å². The molecule has 0 nitrogen and oxygen atoms in total. The fourth-order valence-corrected chi connectivity index (χ4v) is 1.85. The topological polar surface area (TPSA) is 0 Å². The van der Waals surface area contributed by atoms with Gasteiger partial charge >= 0.3 is 0 Å². The van der Waals surface area contributed by atoms with Crippen LogP contribution >= 0.6 is 11.8 Å². The van der Waals surface area contributed by atoms with Crippen LogP contribution < -0.4 is 0 Å². The Morgan fingerprint density at radius 1 is 1.08 bits per heavy atom. The molecular weight excluding hydrogens is 164 g/mol. The van der Waals surface area contributed by atoms with Crippen molar-refractivity contribution in [2.45, 2.75) is 41.5 Å². The summed E-state index contributed by atoms with van der Waals surface area (Å²) in [5.41, 5.74) is 1.74. The molecule has 0 unspecified atom stereocenters. The molecule has 0 saturated heterocycles. The Bertz CT molecular complexity index is 204. The summed E-state index contributed by atoms with van der Waals surface area (Å²) < 4.78 is 0. The molecule has 0 saturated carbocycles. The van der Waals surface area contributed by atoms with Crippen molar-refractivity contribution in [3.05, 3.63) is 22.0 Å². The number of hydrogen-bond donors (Lipinski definition) is 0. The third kappa shape index (κ3) is 4.01. The van der Waals surface area contributed by atoms with Gasteiger partial charge in [0.1, 0.15) is 0 Å². The van der Waals surface area contributed by atoms with Gasteiger partial charge in [0.2, 0.25) is 0 Å². The second-order valence-electron chi connectivity index (χ2n) is 4.24. The molecule has 0 aromatic heterocycles. The van der Waals surface area contributed by atoms with Crippen LogP contribution in [0.25, 0.3) is 0 Å². The highest BCUT2D eigenvalue weighted by Crippen LogP contribution is 2.34. The average Bonchev–Trinajstić information content (AvgIpc) is 1.82. The van der Waals surface area contributed by atoms with Gasteiger partial charge in [0, 0.05) is 0 Å². The maximum Gasteiger partial charge on any atom is -0.0142 e. The van der Waals surface area contributed by atoms with E-state index in [9.17, 15) is 0 Å². The number of thioether (sulfide) groups is 1. The Balaban J connectivity index is 4.58. The molecule has 0 atom stereocenters. The third-order valence-electron chi connectivity index (χ3n) is 1.98. The Kier molecular flexibility index (Phi) is 4.12. The first-order valence-electron chi connectivity index (χ1n) is 4.26. The van der Waals surface area contributed by atoms with Gasteiger partial charge in [-0.05, 0) is 36.0 Å². The zero-order valence-corrected chi connectivity index (χ0v) is 9.93. The maximum absolute atomic E-state index is 3.89. The summed E-state index contributed by atoms with van der Waals surface area (Å²) in [5, 5.41) is 0. The molecule has 0 rings (SSSR count). The van der Waals surface area contributed by atoms with Gasteiger partial charge in [0.05, 0.1) is 0 Å². The van der Waals surface area contributed by atoms with Gasteiger partial charge in [-0.2, -0.15) is 0 Å². The molecule has 0 N–H and O–H groups in total. The zero-order valence-electron chi connectivity index (χ0n) is 9.12. The van der Waals surface area contributed by atoms with E-state index in [0.29, 0.717) is 0 Å². The van der Waals surface area contributed by atoms with Crippen LogP contribution in [0.4, 0.5) is 0 Å². The molecule has 70 valence electrons. The van der Waals surface area contributed by atoms with Crippen molar-refractivity contribution in [1.29, 1.82) is 0 Å². The molecule has 0 heterocycles. The van der Waals surface area contributed by atoms with Crippen molar-refractivity contribution >= 4 is 11.8 Å². The van der Waals surface area contributed by atoms with E-state index in [1.807, 2.05) is 6.92 Å². The van der Waals surface area contributed by atoms with Gasteiger partial charge in [0.25, 0.3) is 0 Å². The van der Waals surface area contributed by atoms with Crippen molar-refractivity contribution in [1.82, 2.24) is 0 Å². The lowest BCUT2D eigenvalue weighted by atomic mass is 9.87. The van der Waals surface area contributed by atoms with Crippen molar-refractivity contribution in [3.63, 3.8) is 0 Å². The highest BCUT2D eigenvalue weighted by molar-refractivity contribution is 8.06. The van der Waals surface area contributed by atoms with Crippen LogP contribution in [-0.2, 0) is 0 Å². The molecule has 0 amide bonds. The van der Waals surface area contributed by atoms with Crippen LogP contribution in [0.5, 0.6) is 0 Å². The number of rotatable bonds is 2. The summed E-state index contributed by atoms with van der Waals surface area (Å²) in [7, 11) is 0. The summed E-state index contributed by atoms with van der Waals surface area (Å²) in [6.45, 7) is 17.0. The fourth-order valence-electron chi connectivity index (χ4n) is 0.866. The predicted molar refractivity (Wildman–Crippen MR) is 60.2 cm³/mol. The molecule has 0 fully saturated rings. The van der Waals surface area contributed by atoms with Crippen LogP contribution in [0.3, 0.4) is 0 Å². The minimum Gasteiger partial charge on any atom is -0.100 e. The van der Waals surface area contributed by atoms with Gasteiger partial charge in [0.15, 0.2) is 0 Å². The van der Waals surface area contributed by atoms with Gasteiger partial charge in [-0.1, -0.05) is 32.9 Å². The van der Waals surface area contributed by atoms with Crippen molar-refractivity contribution in [2.24, 2.45) is 5.41 Å². The minimum absolute atomic E-state index is 0.284. The van der Waals surface area contributed by atoms with Crippen LogP contribution in [0.1, 0.15) is 41.5 Å². The van der Waals surface area contributed by atoms with Gasteiger partial charge in [-0.15, -0.1) is 11.8 Å². The largest absolute Gasteiger partial charge is 0.100 e. The lowest BCUT2D eigenvalue weighted by Gasteiger charge is -2.22. The first kappa shape index (κ1) is 11.8. The standard InChI is InChI=1S/C11H20S/c1-8(2)12-10(4)9(3)11(5,6)7/h1H2,2-7H3/b10-9+. The van der Waals surface area contributed by atoms with Crippen LogP contribution in [0, 0.1) is 5.41 Å². The summed E-state index contributed by atoms with van der Waals surface area (Å²) in [6.07, 6.45) is 0. The maximum atomic E-state index is 3.89. The zero-order chi connectivity index (χ0) is 9.94. The smallest absolute Gasteiger partial charge is 0.0142 e. The Hall–Kier alpha value is -0.170. The molecule has 0 aromatic rings. The molecule has 1 heteroatoms. The van der Waals surface area contributed by atoms with Gasteiger partial charge in [-0.3, -0.25) is 0 Å². The summed E-state index contributed by atoms with van der Waals surface area (Å²) in [5.74, 6) is 0. The van der Waals surface area contributed by atoms with E-state index in [1.165, 1.54) is 10.5 Å². The highest BCUT2D eigenvalue weighted by atomic mass is 32.2. The van der Waals surface area contributed by atoms with E-state index < -0.39 is 0 Å². The molecule has 0 spiro atoms. The molecule has 0 aromatic carbocycles. The van der Waals surface area contributed by atoms with Gasteiger partial charge in [-0.25, -0.2) is 0 Å². The molecule has 0 aliphatic heterocycles. The van der Waals surface area contributed by atoms with E-state index >= 15 is 0 Å². The third-order valence-corrected chi connectivity index (χ3v) is 2.94. The van der Waals surface area contributed by atoms with Crippen LogP contribution in [-0.4, -0.2) is 0 Å². The first-order chi connectivity index (χ1) is 5.25. The van der Waals surface area contributed by atoms with Crippen LogP contribution in [0.15, 0.2) is 22.0 Å². The summed E-state index contributed by atoms with van der Waals surface area (Å²) >= 11 is 1.77.